The van der Waals surface area contributed by atoms with Gasteiger partial charge in [-0.15, -0.1) is 0 Å². The molecule has 4 nitrogen and oxygen atoms in total. The van der Waals surface area contributed by atoms with E-state index in [4.69, 9.17) is 11.0 Å². The Morgan fingerprint density at radius 3 is 2.79 bits per heavy atom. The molecule has 1 heterocycles. The Bertz CT molecular complexity index is 734. The lowest BCUT2D eigenvalue weighted by atomic mass is 10.1. The van der Waals surface area contributed by atoms with Crippen molar-refractivity contribution in [1.29, 1.82) is 5.26 Å². The maximum Gasteiger partial charge on any atom is 0.265 e. The average molecular weight is 322 g/mol. The summed E-state index contributed by atoms with van der Waals surface area (Å²) in [6, 6.07) is 7.33. The van der Waals surface area contributed by atoms with Gasteiger partial charge in [0.05, 0.1) is 22.7 Å². The molecule has 2 rings (SSSR count). The standard InChI is InChI=1S/C13H9BrFN3O/c14-12-4-11(17)7-18(13(12)19)6-9-1-8(5-16)2-10(15)3-9/h1-4,7H,6,17H2. The van der Waals surface area contributed by atoms with Gasteiger partial charge < -0.3 is 10.3 Å². The van der Waals surface area contributed by atoms with Gasteiger partial charge in [0.25, 0.3) is 5.56 Å². The van der Waals surface area contributed by atoms with E-state index < -0.39 is 5.82 Å². The van der Waals surface area contributed by atoms with Gasteiger partial charge in [-0.05, 0) is 45.8 Å². The summed E-state index contributed by atoms with van der Waals surface area (Å²) in [5.74, 6) is -0.509. The predicted molar refractivity (Wildman–Crippen MR) is 73.0 cm³/mol. The van der Waals surface area contributed by atoms with Crippen LogP contribution in [-0.4, -0.2) is 4.57 Å². The molecule has 0 unspecified atom stereocenters. The van der Waals surface area contributed by atoms with E-state index >= 15 is 0 Å². The van der Waals surface area contributed by atoms with E-state index in [0.29, 0.717) is 15.7 Å². The lowest BCUT2D eigenvalue weighted by molar-refractivity contribution is 0.622. The number of hydrogen-bond donors (Lipinski definition) is 1. The number of nitrogen functional groups attached to an aromatic ring is 1. The highest BCUT2D eigenvalue weighted by atomic mass is 79.9. The summed E-state index contributed by atoms with van der Waals surface area (Å²) < 4.78 is 15.0. The minimum atomic E-state index is -0.509. The first-order valence-corrected chi connectivity index (χ1v) is 6.14. The van der Waals surface area contributed by atoms with Crippen LogP contribution >= 0.6 is 15.9 Å². The van der Waals surface area contributed by atoms with Gasteiger partial charge in [-0.25, -0.2) is 4.39 Å². The molecule has 0 bridgehead atoms. The average Bonchev–Trinajstić information content (AvgIpc) is 2.34. The fourth-order valence-electron chi connectivity index (χ4n) is 1.74. The lowest BCUT2D eigenvalue weighted by Gasteiger charge is -2.08. The first-order chi connectivity index (χ1) is 8.99. The van der Waals surface area contributed by atoms with Crippen LogP contribution in [0.4, 0.5) is 10.1 Å². The molecule has 0 aliphatic heterocycles. The third-order valence-corrected chi connectivity index (χ3v) is 3.07. The molecule has 96 valence electrons. The van der Waals surface area contributed by atoms with Gasteiger partial charge in [0, 0.05) is 11.9 Å². The van der Waals surface area contributed by atoms with E-state index in [-0.39, 0.29) is 17.7 Å². The Labute approximate surface area is 117 Å². The molecule has 6 heteroatoms. The van der Waals surface area contributed by atoms with Crippen LogP contribution in [0.3, 0.4) is 0 Å². The molecule has 0 saturated carbocycles. The Morgan fingerprint density at radius 2 is 2.11 bits per heavy atom. The summed E-state index contributed by atoms with van der Waals surface area (Å²) in [5.41, 5.74) is 6.54. The van der Waals surface area contributed by atoms with Crippen LogP contribution in [0.1, 0.15) is 11.1 Å². The third kappa shape index (κ3) is 3.01. The molecule has 0 aliphatic carbocycles. The van der Waals surface area contributed by atoms with Gasteiger partial charge in [0.2, 0.25) is 0 Å². The normalized spacial score (nSPS) is 10.2. The second-order valence-corrected chi connectivity index (χ2v) is 4.87. The number of pyridine rings is 1. The van der Waals surface area contributed by atoms with Crippen molar-refractivity contribution in [2.24, 2.45) is 0 Å². The van der Waals surface area contributed by atoms with Crippen molar-refractivity contribution in [3.8, 4) is 6.07 Å². The minimum Gasteiger partial charge on any atom is -0.398 e. The zero-order valence-electron chi connectivity index (χ0n) is 9.73. The van der Waals surface area contributed by atoms with Crippen molar-refractivity contribution in [2.75, 3.05) is 5.73 Å². The van der Waals surface area contributed by atoms with Crippen molar-refractivity contribution in [3.05, 3.63) is 62.2 Å². The lowest BCUT2D eigenvalue weighted by Crippen LogP contribution is -2.21. The number of nitrogens with two attached hydrogens (primary N) is 1. The number of aromatic nitrogens is 1. The van der Waals surface area contributed by atoms with Crippen LogP contribution < -0.4 is 11.3 Å². The Hall–Kier alpha value is -2.13. The summed E-state index contributed by atoms with van der Waals surface area (Å²) in [5, 5.41) is 8.78. The quantitative estimate of drug-likeness (QED) is 0.922. The molecular formula is C13H9BrFN3O. The van der Waals surface area contributed by atoms with E-state index in [1.165, 1.54) is 29.0 Å². The highest BCUT2D eigenvalue weighted by Gasteiger charge is 2.06. The maximum atomic E-state index is 13.3. The molecule has 0 radical (unpaired) electrons. The number of benzene rings is 1. The van der Waals surface area contributed by atoms with Crippen molar-refractivity contribution in [2.45, 2.75) is 6.54 Å². The zero-order valence-corrected chi connectivity index (χ0v) is 11.3. The largest absolute Gasteiger partial charge is 0.398 e. The number of halogens is 2. The summed E-state index contributed by atoms with van der Waals surface area (Å²) >= 11 is 3.11. The SMILES string of the molecule is N#Cc1cc(F)cc(Cn2cc(N)cc(Br)c2=O)c1. The van der Waals surface area contributed by atoms with E-state index in [9.17, 15) is 9.18 Å². The smallest absolute Gasteiger partial charge is 0.265 e. The summed E-state index contributed by atoms with van der Waals surface area (Å²) in [7, 11) is 0. The van der Waals surface area contributed by atoms with Crippen molar-refractivity contribution >= 4 is 21.6 Å². The van der Waals surface area contributed by atoms with E-state index in [1.807, 2.05) is 6.07 Å². The molecule has 1 aromatic heterocycles. The fourth-order valence-corrected chi connectivity index (χ4v) is 2.23. The molecule has 2 aromatic rings. The third-order valence-electron chi connectivity index (χ3n) is 2.50. The number of nitrogens with zero attached hydrogens (tertiary/aromatic N) is 2. The molecule has 0 saturated heterocycles. The molecule has 0 fully saturated rings. The van der Waals surface area contributed by atoms with Gasteiger partial charge in [0.1, 0.15) is 5.82 Å². The number of hydrogen-bond acceptors (Lipinski definition) is 3. The van der Waals surface area contributed by atoms with Gasteiger partial charge in [0.15, 0.2) is 0 Å². The molecule has 2 N–H and O–H groups in total. The minimum absolute atomic E-state index is 0.148. The maximum absolute atomic E-state index is 13.3. The highest BCUT2D eigenvalue weighted by molar-refractivity contribution is 9.10. The summed E-state index contributed by atoms with van der Waals surface area (Å²) in [6.07, 6.45) is 1.48. The van der Waals surface area contributed by atoms with E-state index in [0.717, 1.165) is 6.07 Å². The van der Waals surface area contributed by atoms with Crippen LogP contribution in [0.25, 0.3) is 0 Å². The topological polar surface area (TPSA) is 71.8 Å². The van der Waals surface area contributed by atoms with Crippen LogP contribution in [0.15, 0.2) is 39.7 Å². The van der Waals surface area contributed by atoms with E-state index in [2.05, 4.69) is 15.9 Å². The summed E-state index contributed by atoms with van der Waals surface area (Å²) in [4.78, 5) is 11.9. The van der Waals surface area contributed by atoms with Crippen molar-refractivity contribution in [1.82, 2.24) is 4.57 Å². The molecule has 0 amide bonds. The number of nitriles is 1. The van der Waals surface area contributed by atoms with E-state index in [1.54, 1.807) is 0 Å². The van der Waals surface area contributed by atoms with Gasteiger partial charge in [-0.2, -0.15) is 5.26 Å². The predicted octanol–water partition coefficient (Wildman–Crippen LogP) is 2.25. The number of rotatable bonds is 2. The van der Waals surface area contributed by atoms with Crippen molar-refractivity contribution < 1.29 is 4.39 Å². The Balaban J connectivity index is 2.45. The molecule has 0 spiro atoms. The van der Waals surface area contributed by atoms with Crippen LogP contribution in [0.2, 0.25) is 0 Å². The Kier molecular flexibility index (Phi) is 3.67. The molecular weight excluding hydrogens is 313 g/mol. The first kappa shape index (κ1) is 13.3. The van der Waals surface area contributed by atoms with Crippen LogP contribution in [0.5, 0.6) is 0 Å². The number of anilines is 1. The zero-order chi connectivity index (χ0) is 14.0. The monoisotopic (exact) mass is 321 g/mol. The van der Waals surface area contributed by atoms with Crippen LogP contribution in [0, 0.1) is 17.1 Å². The fraction of sp³-hybridized carbons (Fsp3) is 0.0769. The second-order valence-electron chi connectivity index (χ2n) is 4.01. The molecule has 1 aromatic carbocycles. The molecule has 0 atom stereocenters. The Morgan fingerprint density at radius 1 is 1.37 bits per heavy atom. The highest BCUT2D eigenvalue weighted by Crippen LogP contribution is 2.12. The van der Waals surface area contributed by atoms with Crippen molar-refractivity contribution in [3.63, 3.8) is 0 Å². The van der Waals surface area contributed by atoms with Gasteiger partial charge >= 0.3 is 0 Å². The van der Waals surface area contributed by atoms with Crippen LogP contribution in [-0.2, 0) is 6.54 Å². The van der Waals surface area contributed by atoms with Gasteiger partial charge in [-0.3, -0.25) is 4.79 Å². The summed E-state index contributed by atoms with van der Waals surface area (Å²) in [6.45, 7) is 0.148. The molecule has 0 aliphatic rings. The first-order valence-electron chi connectivity index (χ1n) is 5.34. The second kappa shape index (κ2) is 5.24. The van der Waals surface area contributed by atoms with Gasteiger partial charge in [-0.1, -0.05) is 0 Å². The molecule has 19 heavy (non-hydrogen) atoms.